The topological polar surface area (TPSA) is 43.8 Å². The monoisotopic (exact) mass is 316 g/mol. The molecule has 1 atom stereocenters. The summed E-state index contributed by atoms with van der Waals surface area (Å²) in [6.45, 7) is 3.37. The van der Waals surface area contributed by atoms with Crippen LogP contribution < -0.4 is 0 Å². The van der Waals surface area contributed by atoms with E-state index in [1.54, 1.807) is 0 Å². The maximum atomic E-state index is 12.5. The molecule has 2 saturated heterocycles. The highest BCUT2D eigenvalue weighted by Gasteiger charge is 2.29. The number of hydrogen-bond donors (Lipinski definition) is 1. The predicted octanol–water partition coefficient (Wildman–Crippen LogP) is 1.92. The molecule has 2 aliphatic heterocycles. The second-order valence-corrected chi connectivity index (χ2v) is 6.96. The van der Waals surface area contributed by atoms with Crippen molar-refractivity contribution < 1.29 is 9.90 Å². The lowest BCUT2D eigenvalue weighted by molar-refractivity contribution is -0.134. The van der Waals surface area contributed by atoms with Gasteiger partial charge >= 0.3 is 0 Å². The van der Waals surface area contributed by atoms with Crippen LogP contribution in [0.15, 0.2) is 30.3 Å². The lowest BCUT2D eigenvalue weighted by atomic mass is 9.90. The molecule has 1 amide bonds. The summed E-state index contributed by atoms with van der Waals surface area (Å²) in [5.74, 6) is 0.932. The van der Waals surface area contributed by atoms with Crippen molar-refractivity contribution in [1.29, 1.82) is 0 Å². The molecule has 0 unspecified atom stereocenters. The molecule has 126 valence electrons. The van der Waals surface area contributed by atoms with E-state index in [1.165, 1.54) is 5.56 Å². The van der Waals surface area contributed by atoms with Crippen LogP contribution in [0.5, 0.6) is 0 Å². The van der Waals surface area contributed by atoms with Crippen LogP contribution in [0.2, 0.25) is 0 Å². The zero-order valence-corrected chi connectivity index (χ0v) is 13.9. The van der Waals surface area contributed by atoms with Crippen LogP contribution in [0.1, 0.15) is 31.2 Å². The summed E-state index contributed by atoms with van der Waals surface area (Å²) < 4.78 is 0. The Kier molecular flexibility index (Phi) is 5.68. The van der Waals surface area contributed by atoms with Crippen LogP contribution in [-0.4, -0.2) is 59.6 Å². The van der Waals surface area contributed by atoms with Gasteiger partial charge in [-0.3, -0.25) is 9.69 Å². The number of hydrogen-bond acceptors (Lipinski definition) is 3. The Labute approximate surface area is 139 Å². The number of amides is 1. The number of likely N-dealkylation sites (tertiary alicyclic amines) is 2. The van der Waals surface area contributed by atoms with Crippen molar-refractivity contribution in [1.82, 2.24) is 9.80 Å². The van der Waals surface area contributed by atoms with Crippen molar-refractivity contribution in [3.05, 3.63) is 35.9 Å². The Hall–Kier alpha value is -1.39. The number of rotatable bonds is 5. The predicted molar refractivity (Wildman–Crippen MR) is 91.1 cm³/mol. The lowest BCUT2D eigenvalue weighted by Crippen LogP contribution is -2.46. The molecule has 4 nitrogen and oxygen atoms in total. The number of aliphatic hydroxyl groups is 1. The van der Waals surface area contributed by atoms with Gasteiger partial charge in [-0.1, -0.05) is 30.3 Å². The summed E-state index contributed by atoms with van der Waals surface area (Å²) in [6, 6.07) is 10.8. The number of aliphatic hydroxyl groups excluding tert-OH is 1. The molecule has 0 saturated carbocycles. The van der Waals surface area contributed by atoms with Gasteiger partial charge in [-0.25, -0.2) is 0 Å². The van der Waals surface area contributed by atoms with E-state index < -0.39 is 0 Å². The molecule has 3 rings (SSSR count). The smallest absolute Gasteiger partial charge is 0.236 e. The molecule has 0 aromatic heterocycles. The van der Waals surface area contributed by atoms with Crippen molar-refractivity contribution in [2.24, 2.45) is 5.92 Å². The van der Waals surface area contributed by atoms with Gasteiger partial charge in [0.05, 0.1) is 13.2 Å². The van der Waals surface area contributed by atoms with E-state index in [-0.39, 0.29) is 18.6 Å². The Balaban J connectivity index is 1.44. The van der Waals surface area contributed by atoms with E-state index in [1.807, 2.05) is 4.90 Å². The summed E-state index contributed by atoms with van der Waals surface area (Å²) in [7, 11) is 0. The van der Waals surface area contributed by atoms with Crippen molar-refractivity contribution in [2.45, 2.75) is 38.1 Å². The van der Waals surface area contributed by atoms with E-state index in [9.17, 15) is 9.90 Å². The van der Waals surface area contributed by atoms with Crippen LogP contribution in [0.3, 0.4) is 0 Å². The third kappa shape index (κ3) is 4.33. The molecule has 0 radical (unpaired) electrons. The summed E-state index contributed by atoms with van der Waals surface area (Å²) in [4.78, 5) is 16.7. The van der Waals surface area contributed by atoms with Crippen LogP contribution in [0.4, 0.5) is 0 Å². The molecular formula is C19H28N2O2. The molecule has 1 aromatic carbocycles. The van der Waals surface area contributed by atoms with E-state index in [4.69, 9.17) is 0 Å². The first-order valence-electron chi connectivity index (χ1n) is 8.93. The molecule has 1 aromatic rings. The van der Waals surface area contributed by atoms with E-state index in [0.29, 0.717) is 12.5 Å². The fourth-order valence-corrected chi connectivity index (χ4v) is 3.92. The Bertz CT molecular complexity index is 497. The second kappa shape index (κ2) is 7.93. The van der Waals surface area contributed by atoms with Crippen molar-refractivity contribution in [2.75, 3.05) is 32.8 Å². The summed E-state index contributed by atoms with van der Waals surface area (Å²) in [5, 5.41) is 9.37. The van der Waals surface area contributed by atoms with Crippen LogP contribution in [0, 0.1) is 5.92 Å². The average molecular weight is 316 g/mol. The fourth-order valence-electron chi connectivity index (χ4n) is 3.92. The highest BCUT2D eigenvalue weighted by atomic mass is 16.3. The Morgan fingerprint density at radius 1 is 1.09 bits per heavy atom. The van der Waals surface area contributed by atoms with Crippen LogP contribution in [0.25, 0.3) is 0 Å². The minimum Gasteiger partial charge on any atom is -0.395 e. The molecule has 4 heteroatoms. The Morgan fingerprint density at radius 3 is 2.52 bits per heavy atom. The number of carbonyl (C=O) groups is 1. The molecule has 0 bridgehead atoms. The molecule has 2 aliphatic rings. The van der Waals surface area contributed by atoms with Gasteiger partial charge in [0, 0.05) is 19.1 Å². The zero-order valence-electron chi connectivity index (χ0n) is 13.9. The first-order valence-corrected chi connectivity index (χ1v) is 8.93. The highest BCUT2D eigenvalue weighted by molar-refractivity contribution is 5.78. The first-order chi connectivity index (χ1) is 11.3. The van der Waals surface area contributed by atoms with Gasteiger partial charge in [0.25, 0.3) is 0 Å². The molecule has 1 N–H and O–H groups in total. The zero-order chi connectivity index (χ0) is 16.1. The van der Waals surface area contributed by atoms with E-state index >= 15 is 0 Å². The SMILES string of the molecule is O=C(CN1CCC[C@@H]1CO)N1CCC(Cc2ccccc2)CC1. The van der Waals surface area contributed by atoms with Gasteiger partial charge in [0.1, 0.15) is 0 Å². The fraction of sp³-hybridized carbons (Fsp3) is 0.632. The molecular weight excluding hydrogens is 288 g/mol. The van der Waals surface area contributed by atoms with Crippen LogP contribution in [-0.2, 0) is 11.2 Å². The maximum absolute atomic E-state index is 12.5. The Morgan fingerprint density at radius 2 is 1.83 bits per heavy atom. The van der Waals surface area contributed by atoms with Crippen molar-refractivity contribution >= 4 is 5.91 Å². The van der Waals surface area contributed by atoms with Crippen molar-refractivity contribution in [3.63, 3.8) is 0 Å². The van der Waals surface area contributed by atoms with E-state index in [2.05, 4.69) is 35.2 Å². The van der Waals surface area contributed by atoms with Gasteiger partial charge in [-0.2, -0.15) is 0 Å². The summed E-state index contributed by atoms with van der Waals surface area (Å²) in [6.07, 6.45) is 5.44. The third-order valence-corrected chi connectivity index (χ3v) is 5.38. The number of nitrogens with zero attached hydrogens (tertiary/aromatic N) is 2. The molecule has 0 spiro atoms. The third-order valence-electron chi connectivity index (χ3n) is 5.38. The molecule has 2 heterocycles. The second-order valence-electron chi connectivity index (χ2n) is 6.96. The van der Waals surface area contributed by atoms with Crippen LogP contribution >= 0.6 is 0 Å². The number of carbonyl (C=O) groups excluding carboxylic acids is 1. The van der Waals surface area contributed by atoms with Gasteiger partial charge in [-0.05, 0) is 50.1 Å². The summed E-state index contributed by atoms with van der Waals surface area (Å²) >= 11 is 0. The quantitative estimate of drug-likeness (QED) is 0.903. The standard InChI is InChI=1S/C19H28N2O2/c22-15-18-7-4-10-21(18)14-19(23)20-11-8-17(9-12-20)13-16-5-2-1-3-6-16/h1-3,5-6,17-18,22H,4,7-15H2/t18-/m1/s1. The van der Waals surface area contributed by atoms with Gasteiger partial charge in [-0.15, -0.1) is 0 Å². The normalized spacial score (nSPS) is 23.3. The first kappa shape index (κ1) is 16.5. The number of piperidine rings is 1. The van der Waals surface area contributed by atoms with E-state index in [0.717, 1.165) is 51.7 Å². The minimum absolute atomic E-state index is 0.173. The van der Waals surface area contributed by atoms with Gasteiger partial charge in [0.15, 0.2) is 0 Å². The van der Waals surface area contributed by atoms with Crippen molar-refractivity contribution in [3.8, 4) is 0 Å². The van der Waals surface area contributed by atoms with Gasteiger partial charge < -0.3 is 10.0 Å². The minimum atomic E-state index is 0.173. The maximum Gasteiger partial charge on any atom is 0.236 e. The average Bonchev–Trinajstić information content (AvgIpc) is 3.03. The lowest BCUT2D eigenvalue weighted by Gasteiger charge is -2.34. The molecule has 0 aliphatic carbocycles. The highest BCUT2D eigenvalue weighted by Crippen LogP contribution is 2.22. The molecule has 23 heavy (non-hydrogen) atoms. The largest absolute Gasteiger partial charge is 0.395 e. The number of benzene rings is 1. The summed E-state index contributed by atoms with van der Waals surface area (Å²) in [5.41, 5.74) is 1.40. The molecule has 2 fully saturated rings. The van der Waals surface area contributed by atoms with Gasteiger partial charge in [0.2, 0.25) is 5.91 Å².